The fourth-order valence-corrected chi connectivity index (χ4v) is 5.97. The Hall–Kier alpha value is -5.03. The molecule has 0 spiro atoms. The minimum Gasteiger partial charge on any atom is -0.361 e. The van der Waals surface area contributed by atoms with E-state index >= 15 is 0 Å². The zero-order chi connectivity index (χ0) is 37.7. The van der Waals surface area contributed by atoms with Crippen LogP contribution in [0.1, 0.15) is 65.0 Å². The number of para-hydroxylation sites is 1. The quantitative estimate of drug-likeness (QED) is 0.111. The van der Waals surface area contributed by atoms with Crippen molar-refractivity contribution in [1.82, 2.24) is 21.3 Å². The van der Waals surface area contributed by atoms with E-state index in [0.29, 0.717) is 25.1 Å². The summed E-state index contributed by atoms with van der Waals surface area (Å²) in [6.07, 6.45) is 1.64. The van der Waals surface area contributed by atoms with Gasteiger partial charge < -0.3 is 31.3 Å². The van der Waals surface area contributed by atoms with Crippen LogP contribution in [0.5, 0.6) is 0 Å². The number of epoxide rings is 1. The first-order chi connectivity index (χ1) is 24.8. The molecule has 1 saturated heterocycles. The Balaban J connectivity index is 1.53. The van der Waals surface area contributed by atoms with Crippen LogP contribution in [0.25, 0.3) is 0 Å². The van der Waals surface area contributed by atoms with Gasteiger partial charge in [0.15, 0.2) is 5.78 Å². The molecule has 1 aliphatic rings. The zero-order valence-corrected chi connectivity index (χ0v) is 30.8. The topological polar surface area (TPSA) is 158 Å². The zero-order valence-electron chi connectivity index (χ0n) is 30.8. The summed E-state index contributed by atoms with van der Waals surface area (Å²) >= 11 is 0. The van der Waals surface area contributed by atoms with E-state index in [0.717, 1.165) is 11.1 Å². The highest BCUT2D eigenvalue weighted by Crippen LogP contribution is 2.29. The Labute approximate surface area is 307 Å². The Kier molecular flexibility index (Phi) is 14.5. The smallest absolute Gasteiger partial charge is 0.319 e. The molecule has 0 aromatic heterocycles. The van der Waals surface area contributed by atoms with Crippen molar-refractivity contribution >= 4 is 35.2 Å². The van der Waals surface area contributed by atoms with Gasteiger partial charge >= 0.3 is 6.03 Å². The molecule has 3 unspecified atom stereocenters. The third kappa shape index (κ3) is 12.6. The van der Waals surface area contributed by atoms with Crippen molar-refractivity contribution in [3.8, 4) is 0 Å². The van der Waals surface area contributed by atoms with Gasteiger partial charge in [-0.3, -0.25) is 19.2 Å². The second kappa shape index (κ2) is 19.0. The number of hydrogen-bond donors (Lipinski definition) is 5. The number of benzene rings is 3. The summed E-state index contributed by atoms with van der Waals surface area (Å²) < 4.78 is 5.40. The van der Waals surface area contributed by atoms with Gasteiger partial charge in [-0.05, 0) is 67.7 Å². The molecule has 1 heterocycles. The summed E-state index contributed by atoms with van der Waals surface area (Å²) in [7, 11) is 0. The van der Waals surface area contributed by atoms with Gasteiger partial charge in [0.1, 0.15) is 23.7 Å². The molecule has 1 aliphatic heterocycles. The third-order valence-electron chi connectivity index (χ3n) is 8.91. The van der Waals surface area contributed by atoms with Crippen LogP contribution in [0.4, 0.5) is 10.5 Å². The Morgan fingerprint density at radius 2 is 1.08 bits per heavy atom. The van der Waals surface area contributed by atoms with Crippen LogP contribution < -0.4 is 26.6 Å². The van der Waals surface area contributed by atoms with Crippen LogP contribution in [0.3, 0.4) is 0 Å². The van der Waals surface area contributed by atoms with Gasteiger partial charge in [-0.25, -0.2) is 4.79 Å². The lowest BCUT2D eigenvalue weighted by Gasteiger charge is -2.28. The average molecular weight is 712 g/mol. The Morgan fingerprint density at radius 3 is 1.63 bits per heavy atom. The van der Waals surface area contributed by atoms with Crippen molar-refractivity contribution in [1.29, 1.82) is 0 Å². The molecule has 52 heavy (non-hydrogen) atoms. The van der Waals surface area contributed by atoms with Gasteiger partial charge in [-0.2, -0.15) is 0 Å². The van der Waals surface area contributed by atoms with Gasteiger partial charge in [0, 0.05) is 12.1 Å². The minimum absolute atomic E-state index is 0.00175. The number of aryl methyl sites for hydroxylation is 1. The average Bonchev–Trinajstić information content (AvgIpc) is 3.87. The number of urea groups is 1. The van der Waals surface area contributed by atoms with E-state index in [1.54, 1.807) is 31.2 Å². The van der Waals surface area contributed by atoms with Gasteiger partial charge in [0.25, 0.3) is 0 Å². The van der Waals surface area contributed by atoms with Crippen molar-refractivity contribution in [3.05, 3.63) is 102 Å². The molecule has 5 amide bonds. The molecule has 11 nitrogen and oxygen atoms in total. The number of carbonyl (C=O) groups excluding carboxylic acids is 5. The number of ketones is 1. The fourth-order valence-electron chi connectivity index (χ4n) is 5.97. The first-order valence-electron chi connectivity index (χ1n) is 18.1. The summed E-state index contributed by atoms with van der Waals surface area (Å²) in [6.45, 7) is 9.82. The summed E-state index contributed by atoms with van der Waals surface area (Å²) in [5.74, 6) is -1.66. The highest BCUT2D eigenvalue weighted by Gasteiger charge is 2.50. The van der Waals surface area contributed by atoms with Crippen LogP contribution in [-0.4, -0.2) is 65.9 Å². The summed E-state index contributed by atoms with van der Waals surface area (Å²) in [4.78, 5) is 68.3. The predicted octanol–water partition coefficient (Wildman–Crippen LogP) is 4.96. The number of ether oxygens (including phenoxy) is 1. The van der Waals surface area contributed by atoms with Crippen molar-refractivity contribution in [2.75, 3.05) is 11.9 Å². The van der Waals surface area contributed by atoms with Gasteiger partial charge in [0.2, 0.25) is 17.7 Å². The molecular formula is C41H53N5O6. The normalized spacial score (nSPS) is 17.3. The molecule has 0 radical (unpaired) electrons. The first kappa shape index (κ1) is 39.8. The lowest BCUT2D eigenvalue weighted by Crippen LogP contribution is -2.59. The highest BCUT2D eigenvalue weighted by atomic mass is 16.6. The number of Topliss-reactive ketones (excluding diaryl/α,β-unsaturated/α-hetero) is 1. The van der Waals surface area contributed by atoms with E-state index in [-0.39, 0.29) is 36.9 Å². The maximum Gasteiger partial charge on any atom is 0.319 e. The molecule has 278 valence electrons. The van der Waals surface area contributed by atoms with Crippen molar-refractivity contribution in [2.45, 2.75) is 96.5 Å². The lowest BCUT2D eigenvalue weighted by molar-refractivity contribution is -0.134. The van der Waals surface area contributed by atoms with Crippen molar-refractivity contribution in [3.63, 3.8) is 0 Å². The maximum atomic E-state index is 14.1. The van der Waals surface area contributed by atoms with E-state index in [1.807, 2.05) is 94.4 Å². The number of rotatable bonds is 19. The highest BCUT2D eigenvalue weighted by molar-refractivity contribution is 5.99. The monoisotopic (exact) mass is 711 g/mol. The van der Waals surface area contributed by atoms with Crippen LogP contribution in [0.2, 0.25) is 0 Å². The molecule has 1 fully saturated rings. The molecule has 0 aliphatic carbocycles. The maximum absolute atomic E-state index is 14.1. The molecule has 0 bridgehead atoms. The SMILES string of the molecule is CC(C)CC(NC(=O)[C@H](CCc1ccccc1)NC(=O)Nc1ccccc1)C(=O)N[C@@H](Cc1ccccc1)C(=O)NC(CC(C)C)C(=O)C1(C)CO1. The molecule has 5 atom stereocenters. The van der Waals surface area contributed by atoms with Gasteiger partial charge in [-0.1, -0.05) is 107 Å². The second-order valence-corrected chi connectivity index (χ2v) is 14.6. The third-order valence-corrected chi connectivity index (χ3v) is 8.91. The van der Waals surface area contributed by atoms with E-state index < -0.39 is 53.5 Å². The number of carbonyl (C=O) groups is 5. The second-order valence-electron chi connectivity index (χ2n) is 14.6. The standard InChI is InChI=1S/C41H53N5O6/c1-27(2)23-33(36(47)41(5)26-52-41)43-39(50)35(25-30-17-11-7-12-18-30)45-38(49)34(24-28(3)4)44-37(48)32(22-21-29-15-9-6-10-16-29)46-40(51)42-31-19-13-8-14-20-31/h6-20,27-28,32-35H,21-26H2,1-5H3,(H,43,50)(H,44,48)(H,45,49)(H2,42,46,51)/t32-,33?,34?,35-,41?/m0/s1. The number of hydrogen-bond acceptors (Lipinski definition) is 6. The fraction of sp³-hybridized carbons (Fsp3) is 0.439. The molecule has 3 aromatic rings. The van der Waals surface area contributed by atoms with Crippen LogP contribution in [0.15, 0.2) is 91.0 Å². The number of anilines is 1. The summed E-state index contributed by atoms with van der Waals surface area (Å²) in [6, 6.07) is 23.4. The largest absolute Gasteiger partial charge is 0.361 e. The van der Waals surface area contributed by atoms with Gasteiger partial charge in [-0.15, -0.1) is 0 Å². The molecule has 11 heteroatoms. The molecule has 5 N–H and O–H groups in total. The first-order valence-corrected chi connectivity index (χ1v) is 18.1. The Bertz CT molecular complexity index is 1630. The van der Waals surface area contributed by atoms with Crippen LogP contribution in [-0.2, 0) is 36.8 Å². The summed E-state index contributed by atoms with van der Waals surface area (Å²) in [5.41, 5.74) is 1.44. The van der Waals surface area contributed by atoms with E-state index in [1.165, 1.54) is 0 Å². The number of amides is 5. The van der Waals surface area contributed by atoms with Crippen LogP contribution >= 0.6 is 0 Å². The Morgan fingerprint density at radius 1 is 0.615 bits per heavy atom. The molecule has 4 rings (SSSR count). The number of nitrogens with one attached hydrogen (secondary N) is 5. The molecule has 0 saturated carbocycles. The van der Waals surface area contributed by atoms with Crippen molar-refractivity contribution < 1.29 is 28.7 Å². The van der Waals surface area contributed by atoms with E-state index in [9.17, 15) is 24.0 Å². The lowest BCUT2D eigenvalue weighted by atomic mass is 9.93. The summed E-state index contributed by atoms with van der Waals surface area (Å²) in [5, 5.41) is 14.2. The van der Waals surface area contributed by atoms with Crippen molar-refractivity contribution in [2.24, 2.45) is 11.8 Å². The van der Waals surface area contributed by atoms with Gasteiger partial charge in [0.05, 0.1) is 12.6 Å². The molecular weight excluding hydrogens is 658 g/mol. The van der Waals surface area contributed by atoms with Crippen LogP contribution in [0, 0.1) is 11.8 Å². The minimum atomic E-state index is -1.04. The molecule has 3 aromatic carbocycles. The predicted molar refractivity (Wildman–Crippen MR) is 201 cm³/mol. The van der Waals surface area contributed by atoms with E-state index in [4.69, 9.17) is 4.74 Å². The van der Waals surface area contributed by atoms with E-state index in [2.05, 4.69) is 26.6 Å².